The first-order valence-corrected chi connectivity index (χ1v) is 4.20. The Bertz CT molecular complexity index is 219. The van der Waals surface area contributed by atoms with E-state index < -0.39 is 0 Å². The predicted molar refractivity (Wildman–Crippen MR) is 54.0 cm³/mol. The fourth-order valence-electron chi connectivity index (χ4n) is 0.912. The Morgan fingerprint density at radius 1 is 1.00 bits per heavy atom. The van der Waals surface area contributed by atoms with Crippen molar-refractivity contribution >= 4 is 12.6 Å². The molecule has 0 bridgehead atoms. The lowest BCUT2D eigenvalue weighted by Crippen LogP contribution is -2.18. The molecule has 0 amide bonds. The van der Waals surface area contributed by atoms with Crippen molar-refractivity contribution in [3.63, 3.8) is 0 Å². The summed E-state index contributed by atoms with van der Waals surface area (Å²) < 4.78 is 0. The van der Waals surface area contributed by atoms with E-state index in [0.29, 0.717) is 0 Å². The third kappa shape index (κ3) is 2.61. The van der Waals surface area contributed by atoms with Gasteiger partial charge in [0, 0.05) is 11.6 Å². The molecule has 1 aliphatic rings. The predicted octanol–water partition coefficient (Wildman–Crippen LogP) is 2.46. The molecule has 0 aromatic carbocycles. The number of hydrogen-bond acceptors (Lipinski definition) is 2. The first-order valence-electron chi connectivity index (χ1n) is 4.20. The molecule has 2 heteroatoms. The number of aliphatic imine (C=N–C) groups is 2. The van der Waals surface area contributed by atoms with Gasteiger partial charge in [-0.25, -0.2) is 4.99 Å². The third-order valence-corrected chi connectivity index (χ3v) is 1.79. The molecule has 0 saturated heterocycles. The van der Waals surface area contributed by atoms with E-state index in [0.717, 1.165) is 0 Å². The molecule has 0 unspecified atom stereocenters. The van der Waals surface area contributed by atoms with Crippen LogP contribution in [0.15, 0.2) is 22.1 Å². The monoisotopic (exact) mass is 164 g/mol. The van der Waals surface area contributed by atoms with Gasteiger partial charge in [-0.1, -0.05) is 26.0 Å². The van der Waals surface area contributed by atoms with Gasteiger partial charge in [0.2, 0.25) is 0 Å². The van der Waals surface area contributed by atoms with Crippen molar-refractivity contribution in [1.82, 2.24) is 0 Å². The molecule has 0 fully saturated rings. The molecule has 2 nitrogen and oxygen atoms in total. The van der Waals surface area contributed by atoms with Gasteiger partial charge in [0.05, 0.1) is 5.54 Å². The van der Waals surface area contributed by atoms with Crippen molar-refractivity contribution in [2.24, 2.45) is 15.4 Å². The molecule has 0 aliphatic carbocycles. The SMILES string of the molecule is CC1(C)/C=C\C(C)(C)/N=C\N=C/1. The van der Waals surface area contributed by atoms with Crippen LogP contribution in [0, 0.1) is 5.41 Å². The molecular formula is C10H16N2. The smallest absolute Gasteiger partial charge is 0.110 e. The lowest BCUT2D eigenvalue weighted by molar-refractivity contribution is 0.625. The maximum atomic E-state index is 4.27. The Labute approximate surface area is 74.1 Å². The molecule has 1 rings (SSSR count). The Kier molecular flexibility index (Phi) is 2.18. The van der Waals surface area contributed by atoms with Gasteiger partial charge in [-0.05, 0) is 13.8 Å². The molecule has 0 saturated carbocycles. The van der Waals surface area contributed by atoms with Crippen LogP contribution in [0.4, 0.5) is 0 Å². The Morgan fingerprint density at radius 3 is 2.33 bits per heavy atom. The normalized spacial score (nSPS) is 33.0. The standard InChI is InChI=1S/C10H16N2/c1-9(2)5-6-10(3,4)12-8-11-7-9/h5-8H,1-4H3/b6-5-,11-7-,12-8-. The zero-order valence-electron chi connectivity index (χ0n) is 8.20. The van der Waals surface area contributed by atoms with E-state index in [9.17, 15) is 0 Å². The molecule has 1 aliphatic heterocycles. The van der Waals surface area contributed by atoms with E-state index in [1.165, 1.54) is 0 Å². The minimum Gasteiger partial charge on any atom is -0.263 e. The Hall–Kier alpha value is -0.920. The van der Waals surface area contributed by atoms with Crippen molar-refractivity contribution in [3.05, 3.63) is 12.2 Å². The number of hydrogen-bond donors (Lipinski definition) is 0. The van der Waals surface area contributed by atoms with Crippen LogP contribution in [0.5, 0.6) is 0 Å². The van der Waals surface area contributed by atoms with Gasteiger partial charge in [0.15, 0.2) is 0 Å². The zero-order chi connectivity index (χ0) is 9.24. The van der Waals surface area contributed by atoms with Gasteiger partial charge >= 0.3 is 0 Å². The molecule has 0 atom stereocenters. The number of nitrogens with zero attached hydrogens (tertiary/aromatic N) is 2. The minimum atomic E-state index is -0.116. The zero-order valence-corrected chi connectivity index (χ0v) is 8.20. The third-order valence-electron chi connectivity index (χ3n) is 1.79. The van der Waals surface area contributed by atoms with Gasteiger partial charge in [-0.3, -0.25) is 4.99 Å². The molecule has 1 heterocycles. The fourth-order valence-corrected chi connectivity index (χ4v) is 0.912. The Morgan fingerprint density at radius 2 is 1.67 bits per heavy atom. The van der Waals surface area contributed by atoms with Crippen LogP contribution < -0.4 is 0 Å². The van der Waals surface area contributed by atoms with Gasteiger partial charge in [0.1, 0.15) is 6.34 Å². The highest BCUT2D eigenvalue weighted by molar-refractivity contribution is 5.78. The molecule has 0 N–H and O–H groups in total. The molecule has 0 radical (unpaired) electrons. The van der Waals surface area contributed by atoms with Gasteiger partial charge in [-0.2, -0.15) is 0 Å². The summed E-state index contributed by atoms with van der Waals surface area (Å²) in [5, 5.41) is 0. The average molecular weight is 164 g/mol. The van der Waals surface area contributed by atoms with Crippen LogP contribution in [-0.2, 0) is 0 Å². The summed E-state index contributed by atoms with van der Waals surface area (Å²) >= 11 is 0. The molecule has 66 valence electrons. The lowest BCUT2D eigenvalue weighted by atomic mass is 9.91. The Balaban J connectivity index is 2.97. The van der Waals surface area contributed by atoms with Crippen molar-refractivity contribution in [1.29, 1.82) is 0 Å². The van der Waals surface area contributed by atoms with E-state index in [1.807, 2.05) is 6.21 Å². The summed E-state index contributed by atoms with van der Waals surface area (Å²) in [6, 6.07) is 0. The number of allylic oxidation sites excluding steroid dienone is 1. The number of rotatable bonds is 0. The van der Waals surface area contributed by atoms with Crippen LogP contribution in [0.1, 0.15) is 27.7 Å². The maximum absolute atomic E-state index is 4.27. The summed E-state index contributed by atoms with van der Waals surface area (Å²) in [6.45, 7) is 8.39. The van der Waals surface area contributed by atoms with Crippen LogP contribution in [0.2, 0.25) is 0 Å². The second-order valence-corrected chi connectivity index (χ2v) is 4.33. The van der Waals surface area contributed by atoms with Crippen LogP contribution in [0.3, 0.4) is 0 Å². The van der Waals surface area contributed by atoms with Crippen LogP contribution in [-0.4, -0.2) is 18.1 Å². The highest BCUT2D eigenvalue weighted by Crippen LogP contribution is 2.20. The van der Waals surface area contributed by atoms with Crippen molar-refractivity contribution in [2.45, 2.75) is 33.2 Å². The van der Waals surface area contributed by atoms with Crippen molar-refractivity contribution < 1.29 is 0 Å². The minimum absolute atomic E-state index is 0.0453. The van der Waals surface area contributed by atoms with Gasteiger partial charge in [0.25, 0.3) is 0 Å². The summed E-state index contributed by atoms with van der Waals surface area (Å²) in [4.78, 5) is 8.38. The van der Waals surface area contributed by atoms with E-state index in [1.54, 1.807) is 6.34 Å². The highest BCUT2D eigenvalue weighted by Gasteiger charge is 2.16. The first-order chi connectivity index (χ1) is 5.41. The van der Waals surface area contributed by atoms with Crippen molar-refractivity contribution in [3.8, 4) is 0 Å². The van der Waals surface area contributed by atoms with Crippen LogP contribution in [0.25, 0.3) is 0 Å². The second-order valence-electron chi connectivity index (χ2n) is 4.33. The average Bonchev–Trinajstić information content (AvgIpc) is 1.94. The van der Waals surface area contributed by atoms with Gasteiger partial charge in [-0.15, -0.1) is 0 Å². The first kappa shape index (κ1) is 9.17. The molecule has 0 aromatic heterocycles. The lowest BCUT2D eigenvalue weighted by Gasteiger charge is -2.20. The summed E-state index contributed by atoms with van der Waals surface area (Å²) in [6.07, 6.45) is 7.80. The maximum Gasteiger partial charge on any atom is 0.110 e. The second kappa shape index (κ2) is 2.85. The van der Waals surface area contributed by atoms with Crippen molar-refractivity contribution in [2.75, 3.05) is 0 Å². The summed E-state index contributed by atoms with van der Waals surface area (Å²) in [7, 11) is 0. The van der Waals surface area contributed by atoms with E-state index >= 15 is 0 Å². The molecule has 0 spiro atoms. The molecule has 0 aromatic rings. The van der Waals surface area contributed by atoms with E-state index in [2.05, 4.69) is 49.8 Å². The molecule has 12 heavy (non-hydrogen) atoms. The van der Waals surface area contributed by atoms with Gasteiger partial charge < -0.3 is 0 Å². The van der Waals surface area contributed by atoms with Crippen LogP contribution >= 0.6 is 0 Å². The van der Waals surface area contributed by atoms with E-state index in [4.69, 9.17) is 0 Å². The quantitative estimate of drug-likeness (QED) is 0.491. The highest BCUT2D eigenvalue weighted by atomic mass is 14.9. The summed E-state index contributed by atoms with van der Waals surface area (Å²) in [5.74, 6) is 0. The fraction of sp³-hybridized carbons (Fsp3) is 0.600. The van der Waals surface area contributed by atoms with E-state index in [-0.39, 0.29) is 11.0 Å². The largest absolute Gasteiger partial charge is 0.263 e. The molecular weight excluding hydrogens is 148 g/mol. The summed E-state index contributed by atoms with van der Waals surface area (Å²) in [5.41, 5.74) is -0.0707. The topological polar surface area (TPSA) is 24.7 Å².